The van der Waals surface area contributed by atoms with E-state index >= 15 is 0 Å². The predicted octanol–water partition coefficient (Wildman–Crippen LogP) is 1.91. The van der Waals surface area contributed by atoms with Crippen LogP contribution < -0.4 is 4.90 Å². The quantitative estimate of drug-likeness (QED) is 0.616. The van der Waals surface area contributed by atoms with Gasteiger partial charge in [0.15, 0.2) is 0 Å². The molecule has 0 saturated carbocycles. The first-order valence-electron chi connectivity index (χ1n) is 6.16. The summed E-state index contributed by atoms with van der Waals surface area (Å²) >= 11 is 0. The third-order valence-corrected chi connectivity index (χ3v) is 2.76. The molecule has 1 aliphatic rings. The zero-order valence-electron chi connectivity index (χ0n) is 10.9. The predicted molar refractivity (Wildman–Crippen MR) is 68.7 cm³/mol. The van der Waals surface area contributed by atoms with Crippen molar-refractivity contribution in [3.8, 4) is 0 Å². The standard InChI is InChI=1S/C14H15NO4/c1-9(2)19-14(18)10-3-5-11(6-4-10)15-12(16)7-8-13(15)17/h3-6,9H,7-8H2,1-2H3. The van der Waals surface area contributed by atoms with Gasteiger partial charge in [0.25, 0.3) is 0 Å². The topological polar surface area (TPSA) is 63.7 Å². The first-order chi connectivity index (χ1) is 8.99. The summed E-state index contributed by atoms with van der Waals surface area (Å²) in [6.45, 7) is 3.54. The molecule has 0 spiro atoms. The smallest absolute Gasteiger partial charge is 0.338 e. The normalized spacial score (nSPS) is 15.2. The van der Waals surface area contributed by atoms with Crippen LogP contribution in [0.1, 0.15) is 37.0 Å². The highest BCUT2D eigenvalue weighted by atomic mass is 16.5. The Balaban J connectivity index is 2.17. The summed E-state index contributed by atoms with van der Waals surface area (Å²) in [4.78, 5) is 35.9. The summed E-state index contributed by atoms with van der Waals surface area (Å²) in [7, 11) is 0. The molecule has 2 rings (SSSR count). The first kappa shape index (κ1) is 13.3. The van der Waals surface area contributed by atoms with E-state index in [1.54, 1.807) is 38.1 Å². The van der Waals surface area contributed by atoms with Crippen molar-refractivity contribution in [3.05, 3.63) is 29.8 Å². The van der Waals surface area contributed by atoms with E-state index in [1.807, 2.05) is 0 Å². The van der Waals surface area contributed by atoms with Crippen LogP contribution in [-0.4, -0.2) is 23.9 Å². The summed E-state index contributed by atoms with van der Waals surface area (Å²) in [6.07, 6.45) is 0.306. The van der Waals surface area contributed by atoms with Crippen LogP contribution in [-0.2, 0) is 14.3 Å². The summed E-state index contributed by atoms with van der Waals surface area (Å²) in [6, 6.07) is 6.27. The van der Waals surface area contributed by atoms with Crippen LogP contribution in [0.3, 0.4) is 0 Å². The van der Waals surface area contributed by atoms with Crippen molar-refractivity contribution in [2.24, 2.45) is 0 Å². The molecule has 0 aliphatic carbocycles. The molecule has 1 fully saturated rings. The fourth-order valence-corrected chi connectivity index (χ4v) is 1.89. The third-order valence-electron chi connectivity index (χ3n) is 2.76. The zero-order valence-corrected chi connectivity index (χ0v) is 10.9. The Morgan fingerprint density at radius 1 is 1.11 bits per heavy atom. The highest BCUT2D eigenvalue weighted by molar-refractivity contribution is 6.19. The zero-order chi connectivity index (χ0) is 14.0. The van der Waals surface area contributed by atoms with E-state index in [1.165, 1.54) is 0 Å². The molecule has 100 valence electrons. The van der Waals surface area contributed by atoms with Gasteiger partial charge < -0.3 is 4.74 Å². The Morgan fingerprint density at radius 3 is 2.11 bits per heavy atom. The average Bonchev–Trinajstić information content (AvgIpc) is 2.68. The molecule has 1 aromatic rings. The van der Waals surface area contributed by atoms with Gasteiger partial charge >= 0.3 is 5.97 Å². The van der Waals surface area contributed by atoms with Crippen molar-refractivity contribution >= 4 is 23.5 Å². The Labute approximate surface area is 111 Å². The van der Waals surface area contributed by atoms with E-state index in [4.69, 9.17) is 4.74 Å². The van der Waals surface area contributed by atoms with Gasteiger partial charge in [-0.1, -0.05) is 0 Å². The van der Waals surface area contributed by atoms with E-state index in [0.717, 1.165) is 4.90 Å². The van der Waals surface area contributed by atoms with Crippen LogP contribution in [0.4, 0.5) is 5.69 Å². The van der Waals surface area contributed by atoms with E-state index in [2.05, 4.69) is 0 Å². The van der Waals surface area contributed by atoms with Gasteiger partial charge in [-0.2, -0.15) is 0 Å². The highest BCUT2D eigenvalue weighted by Gasteiger charge is 2.30. The maximum Gasteiger partial charge on any atom is 0.338 e. The fraction of sp³-hybridized carbons (Fsp3) is 0.357. The number of benzene rings is 1. The minimum atomic E-state index is -0.416. The highest BCUT2D eigenvalue weighted by Crippen LogP contribution is 2.23. The van der Waals surface area contributed by atoms with E-state index in [0.29, 0.717) is 11.3 Å². The molecule has 5 heteroatoms. The van der Waals surface area contributed by atoms with Crippen molar-refractivity contribution in [2.75, 3.05) is 4.90 Å². The van der Waals surface area contributed by atoms with Crippen molar-refractivity contribution in [2.45, 2.75) is 32.8 Å². The lowest BCUT2D eigenvalue weighted by molar-refractivity contribution is -0.121. The molecule has 0 N–H and O–H groups in total. The third kappa shape index (κ3) is 2.81. The number of ether oxygens (including phenoxy) is 1. The molecule has 2 amide bonds. The lowest BCUT2D eigenvalue weighted by atomic mass is 10.2. The largest absolute Gasteiger partial charge is 0.459 e. The van der Waals surface area contributed by atoms with Crippen molar-refractivity contribution in [1.29, 1.82) is 0 Å². The molecule has 0 radical (unpaired) electrons. The number of anilines is 1. The Kier molecular flexibility index (Phi) is 3.64. The van der Waals surface area contributed by atoms with E-state index in [9.17, 15) is 14.4 Å². The number of nitrogens with zero attached hydrogens (tertiary/aromatic N) is 1. The van der Waals surface area contributed by atoms with Crippen LogP contribution in [0.2, 0.25) is 0 Å². The molecule has 0 aromatic heterocycles. The average molecular weight is 261 g/mol. The van der Waals surface area contributed by atoms with Crippen molar-refractivity contribution in [1.82, 2.24) is 0 Å². The number of hydrogen-bond donors (Lipinski definition) is 0. The molecule has 0 bridgehead atoms. The summed E-state index contributed by atoms with van der Waals surface area (Å²) in [5, 5.41) is 0. The van der Waals surface area contributed by atoms with Gasteiger partial charge in [0.05, 0.1) is 17.4 Å². The molecule has 1 aromatic carbocycles. The van der Waals surface area contributed by atoms with Gasteiger partial charge in [0.2, 0.25) is 11.8 Å². The monoisotopic (exact) mass is 261 g/mol. The number of amides is 2. The van der Waals surface area contributed by atoms with Gasteiger partial charge in [-0.15, -0.1) is 0 Å². The second kappa shape index (κ2) is 5.22. The fourth-order valence-electron chi connectivity index (χ4n) is 1.89. The Hall–Kier alpha value is -2.17. The number of rotatable bonds is 3. The number of esters is 1. The Bertz CT molecular complexity index is 503. The minimum absolute atomic E-state index is 0.186. The summed E-state index contributed by atoms with van der Waals surface area (Å²) < 4.78 is 5.06. The lowest BCUT2D eigenvalue weighted by Gasteiger charge is -2.14. The number of carbonyl (C=O) groups excluding carboxylic acids is 3. The lowest BCUT2D eigenvalue weighted by Crippen LogP contribution is -2.28. The van der Waals surface area contributed by atoms with Crippen LogP contribution in [0.15, 0.2) is 24.3 Å². The maximum atomic E-state index is 11.6. The number of imide groups is 1. The van der Waals surface area contributed by atoms with Gasteiger partial charge in [-0.05, 0) is 38.1 Å². The van der Waals surface area contributed by atoms with E-state index in [-0.39, 0.29) is 30.8 Å². The summed E-state index contributed by atoms with van der Waals surface area (Å²) in [5.74, 6) is -0.828. The maximum absolute atomic E-state index is 11.6. The van der Waals surface area contributed by atoms with Gasteiger partial charge in [0.1, 0.15) is 0 Å². The minimum Gasteiger partial charge on any atom is -0.459 e. The van der Waals surface area contributed by atoms with E-state index < -0.39 is 5.97 Å². The van der Waals surface area contributed by atoms with Crippen molar-refractivity contribution in [3.63, 3.8) is 0 Å². The molecular weight excluding hydrogens is 246 g/mol. The molecule has 0 unspecified atom stereocenters. The molecule has 1 aliphatic heterocycles. The molecular formula is C14H15NO4. The van der Waals surface area contributed by atoms with Gasteiger partial charge in [-0.25, -0.2) is 4.79 Å². The van der Waals surface area contributed by atoms with Crippen LogP contribution in [0.25, 0.3) is 0 Å². The second-order valence-electron chi connectivity index (χ2n) is 4.62. The van der Waals surface area contributed by atoms with Crippen LogP contribution in [0.5, 0.6) is 0 Å². The SMILES string of the molecule is CC(C)OC(=O)c1ccc(N2C(=O)CCC2=O)cc1. The molecule has 19 heavy (non-hydrogen) atoms. The first-order valence-corrected chi connectivity index (χ1v) is 6.16. The summed E-state index contributed by atoms with van der Waals surface area (Å²) in [5.41, 5.74) is 0.894. The molecule has 1 heterocycles. The number of carbonyl (C=O) groups is 3. The van der Waals surface area contributed by atoms with Crippen molar-refractivity contribution < 1.29 is 19.1 Å². The van der Waals surface area contributed by atoms with Crippen LogP contribution >= 0.6 is 0 Å². The van der Waals surface area contributed by atoms with Gasteiger partial charge in [0, 0.05) is 12.8 Å². The number of hydrogen-bond acceptors (Lipinski definition) is 4. The van der Waals surface area contributed by atoms with Crippen LogP contribution in [0, 0.1) is 0 Å². The molecule has 0 atom stereocenters. The van der Waals surface area contributed by atoms with Gasteiger partial charge in [-0.3, -0.25) is 14.5 Å². The second-order valence-corrected chi connectivity index (χ2v) is 4.62. The molecule has 5 nitrogen and oxygen atoms in total. The Morgan fingerprint density at radius 2 is 1.63 bits per heavy atom. The molecule has 1 saturated heterocycles.